The molecule has 18 heavy (non-hydrogen) atoms. The fraction of sp³-hybridized carbons (Fsp3) is 0.0667. The predicted molar refractivity (Wildman–Crippen MR) is 86.0 cm³/mol. The van der Waals surface area contributed by atoms with Crippen LogP contribution in [0, 0.1) is 0 Å². The molecule has 0 radical (unpaired) electrons. The Morgan fingerprint density at radius 3 is 2.44 bits per heavy atom. The summed E-state index contributed by atoms with van der Waals surface area (Å²) in [6, 6.07) is 15.0. The van der Waals surface area contributed by atoms with E-state index < -0.39 is 0 Å². The molecule has 0 aliphatic heterocycles. The van der Waals surface area contributed by atoms with Gasteiger partial charge >= 0.3 is 0 Å². The molecule has 0 aliphatic carbocycles. The number of thiophene rings is 1. The molecule has 0 N–H and O–H groups in total. The Labute approximate surface area is 124 Å². The number of thiol groups is 1. The molecule has 1 aromatic heterocycles. The lowest BCUT2D eigenvalue weighted by molar-refractivity contribution is 1.19. The van der Waals surface area contributed by atoms with Crippen molar-refractivity contribution in [2.24, 2.45) is 0 Å². The van der Waals surface area contributed by atoms with Crippen LogP contribution in [-0.2, 0) is 6.42 Å². The molecule has 1 heterocycles. The number of hydrogen-bond donors (Lipinski definition) is 1. The van der Waals surface area contributed by atoms with E-state index in [0.717, 1.165) is 15.1 Å². The average Bonchev–Trinajstić information content (AvgIpc) is 2.79. The van der Waals surface area contributed by atoms with E-state index in [1.807, 2.05) is 0 Å². The zero-order chi connectivity index (χ0) is 12.5. The van der Waals surface area contributed by atoms with Gasteiger partial charge in [-0.15, -0.1) is 24.0 Å². The highest BCUT2D eigenvalue weighted by atomic mass is 79.9. The van der Waals surface area contributed by atoms with Gasteiger partial charge in [-0.2, -0.15) is 0 Å². The van der Waals surface area contributed by atoms with Gasteiger partial charge in [0, 0.05) is 4.47 Å². The summed E-state index contributed by atoms with van der Waals surface area (Å²) < 4.78 is 2.26. The van der Waals surface area contributed by atoms with E-state index in [4.69, 9.17) is 0 Å². The second-order valence-electron chi connectivity index (χ2n) is 4.18. The summed E-state index contributed by atoms with van der Waals surface area (Å²) in [6.07, 6.45) is 0.941. The van der Waals surface area contributed by atoms with Gasteiger partial charge in [0.2, 0.25) is 0 Å². The highest BCUT2D eigenvalue weighted by Crippen LogP contribution is 2.30. The molecule has 0 aliphatic rings. The molecule has 0 fully saturated rings. The third kappa shape index (κ3) is 2.22. The molecule has 0 saturated heterocycles. The minimum absolute atomic E-state index is 0.941. The predicted octanol–water partition coefficient (Wildman–Crippen LogP) is 5.54. The molecule has 0 saturated carbocycles. The van der Waals surface area contributed by atoms with Gasteiger partial charge in [0.05, 0.1) is 4.21 Å². The molecule has 0 bridgehead atoms. The number of rotatable bonds is 2. The lowest BCUT2D eigenvalue weighted by Crippen LogP contribution is -1.89. The molecule has 2 aromatic carbocycles. The van der Waals surface area contributed by atoms with Gasteiger partial charge in [0.25, 0.3) is 0 Å². The Morgan fingerprint density at radius 2 is 1.72 bits per heavy atom. The van der Waals surface area contributed by atoms with Crippen molar-refractivity contribution in [3.63, 3.8) is 0 Å². The van der Waals surface area contributed by atoms with Crippen LogP contribution >= 0.6 is 39.9 Å². The van der Waals surface area contributed by atoms with Gasteiger partial charge in [-0.05, 0) is 45.8 Å². The summed E-state index contributed by atoms with van der Waals surface area (Å²) in [7, 11) is 0. The number of fused-ring (bicyclic) bond motifs is 1. The molecule has 3 rings (SSSR count). The van der Waals surface area contributed by atoms with E-state index in [0.29, 0.717) is 0 Å². The van der Waals surface area contributed by atoms with Gasteiger partial charge in [0.1, 0.15) is 0 Å². The molecule has 3 heteroatoms. The Balaban J connectivity index is 2.13. The van der Waals surface area contributed by atoms with Crippen LogP contribution in [0.3, 0.4) is 0 Å². The first-order valence-corrected chi connectivity index (χ1v) is 7.79. The summed E-state index contributed by atoms with van der Waals surface area (Å²) in [5.41, 5.74) is 2.65. The largest absolute Gasteiger partial charge is 0.137 e. The number of hydrogen-bond acceptors (Lipinski definition) is 2. The first kappa shape index (κ1) is 12.3. The topological polar surface area (TPSA) is 0 Å². The van der Waals surface area contributed by atoms with Crippen molar-refractivity contribution in [2.45, 2.75) is 10.6 Å². The Morgan fingerprint density at radius 1 is 0.944 bits per heavy atom. The molecule has 0 nitrogen and oxygen atoms in total. The Kier molecular flexibility index (Phi) is 3.46. The second kappa shape index (κ2) is 5.08. The van der Waals surface area contributed by atoms with E-state index >= 15 is 0 Å². The summed E-state index contributed by atoms with van der Waals surface area (Å²) in [4.78, 5) is 0. The molecule has 0 amide bonds. The maximum atomic E-state index is 4.50. The van der Waals surface area contributed by atoms with Gasteiger partial charge < -0.3 is 0 Å². The molecule has 90 valence electrons. The van der Waals surface area contributed by atoms with Crippen molar-refractivity contribution >= 4 is 50.7 Å². The highest BCUT2D eigenvalue weighted by molar-refractivity contribution is 9.10. The van der Waals surface area contributed by atoms with E-state index in [1.54, 1.807) is 11.3 Å². The first-order chi connectivity index (χ1) is 8.75. The Hall–Kier alpha value is -0.770. The zero-order valence-corrected chi connectivity index (χ0v) is 12.9. The van der Waals surface area contributed by atoms with Crippen LogP contribution in [0.2, 0.25) is 0 Å². The smallest absolute Gasteiger partial charge is 0.0603 e. The minimum atomic E-state index is 0.941. The van der Waals surface area contributed by atoms with E-state index in [-0.39, 0.29) is 0 Å². The fourth-order valence-electron chi connectivity index (χ4n) is 2.15. The summed E-state index contributed by atoms with van der Waals surface area (Å²) in [5.74, 6) is 0. The van der Waals surface area contributed by atoms with Crippen LogP contribution in [0.25, 0.3) is 10.8 Å². The van der Waals surface area contributed by atoms with Gasteiger partial charge in [0.15, 0.2) is 0 Å². The van der Waals surface area contributed by atoms with Crippen molar-refractivity contribution in [1.29, 1.82) is 0 Å². The van der Waals surface area contributed by atoms with Crippen molar-refractivity contribution in [1.82, 2.24) is 0 Å². The lowest BCUT2D eigenvalue weighted by Gasteiger charge is -2.08. The van der Waals surface area contributed by atoms with Crippen LogP contribution in [-0.4, -0.2) is 0 Å². The molecule has 0 spiro atoms. The third-order valence-corrected chi connectivity index (χ3v) is 5.12. The summed E-state index contributed by atoms with van der Waals surface area (Å²) in [6.45, 7) is 0. The van der Waals surface area contributed by atoms with Crippen molar-refractivity contribution in [2.75, 3.05) is 0 Å². The SMILES string of the molecule is Sc1sccc1Cc1ccc(Br)c2ccccc12. The van der Waals surface area contributed by atoms with E-state index in [2.05, 4.69) is 76.4 Å². The fourth-order valence-corrected chi connectivity index (χ4v) is 3.61. The van der Waals surface area contributed by atoms with E-state index in [9.17, 15) is 0 Å². The Bertz CT molecular complexity index is 701. The van der Waals surface area contributed by atoms with Crippen LogP contribution in [0.1, 0.15) is 11.1 Å². The number of benzene rings is 2. The third-order valence-electron chi connectivity index (χ3n) is 3.07. The van der Waals surface area contributed by atoms with Gasteiger partial charge in [-0.25, -0.2) is 0 Å². The lowest BCUT2D eigenvalue weighted by atomic mass is 10.00. The van der Waals surface area contributed by atoms with Crippen LogP contribution in [0.4, 0.5) is 0 Å². The quantitative estimate of drug-likeness (QED) is 0.584. The van der Waals surface area contributed by atoms with Crippen molar-refractivity contribution in [3.05, 3.63) is 63.4 Å². The molecule has 3 aromatic rings. The average molecular weight is 335 g/mol. The molecular formula is C15H11BrS2. The minimum Gasteiger partial charge on any atom is -0.137 e. The maximum absolute atomic E-state index is 4.50. The normalized spacial score (nSPS) is 11.0. The second-order valence-corrected chi connectivity index (χ2v) is 6.70. The summed E-state index contributed by atoms with van der Waals surface area (Å²) >= 11 is 9.80. The number of halogens is 1. The standard InChI is InChI=1S/C15H11BrS2/c16-14-6-5-10(9-11-7-8-18-15(11)17)12-3-1-2-4-13(12)14/h1-8,17H,9H2. The van der Waals surface area contributed by atoms with Crippen LogP contribution in [0.5, 0.6) is 0 Å². The van der Waals surface area contributed by atoms with Crippen molar-refractivity contribution < 1.29 is 0 Å². The monoisotopic (exact) mass is 334 g/mol. The van der Waals surface area contributed by atoms with Gasteiger partial charge in [-0.3, -0.25) is 0 Å². The van der Waals surface area contributed by atoms with Crippen LogP contribution < -0.4 is 0 Å². The van der Waals surface area contributed by atoms with Gasteiger partial charge in [-0.1, -0.05) is 46.3 Å². The van der Waals surface area contributed by atoms with E-state index in [1.165, 1.54) is 21.9 Å². The van der Waals surface area contributed by atoms with Crippen LogP contribution in [0.15, 0.2) is 56.5 Å². The molecule has 0 atom stereocenters. The first-order valence-electron chi connectivity index (χ1n) is 5.67. The zero-order valence-electron chi connectivity index (χ0n) is 9.56. The highest BCUT2D eigenvalue weighted by Gasteiger charge is 2.07. The maximum Gasteiger partial charge on any atom is 0.0603 e. The molecule has 0 unspecified atom stereocenters. The molecular weight excluding hydrogens is 324 g/mol. The summed E-state index contributed by atoms with van der Waals surface area (Å²) in [5, 5.41) is 4.68. The van der Waals surface area contributed by atoms with Crippen molar-refractivity contribution in [3.8, 4) is 0 Å².